The van der Waals surface area contributed by atoms with E-state index in [1.165, 1.54) is 24.6 Å². The Balaban J connectivity index is 1.78. The van der Waals surface area contributed by atoms with E-state index in [1.807, 2.05) is 12.3 Å². The van der Waals surface area contributed by atoms with Gasteiger partial charge >= 0.3 is 0 Å². The van der Waals surface area contributed by atoms with Gasteiger partial charge in [0.1, 0.15) is 11.6 Å². The Kier molecular flexibility index (Phi) is 3.29. The average Bonchev–Trinajstić information content (AvgIpc) is 2.93. The van der Waals surface area contributed by atoms with Gasteiger partial charge in [-0.05, 0) is 35.2 Å². The zero-order valence-electron chi connectivity index (χ0n) is 11.1. The maximum Gasteiger partial charge on any atom is 0.144 e. The molecule has 102 valence electrons. The molecule has 0 spiro atoms. The molecule has 20 heavy (non-hydrogen) atoms. The number of fused-ring (bicyclic) bond motifs is 1. The first-order valence-electron chi connectivity index (χ1n) is 6.40. The number of methoxy groups -OCH3 is 1. The SMILES string of the molecule is COc1cc(F)ccc1NCc1ccc2cc[nH]c2c1. The molecule has 0 unspecified atom stereocenters. The van der Waals surface area contributed by atoms with Crippen molar-refractivity contribution < 1.29 is 9.13 Å². The number of rotatable bonds is 4. The van der Waals surface area contributed by atoms with Gasteiger partial charge < -0.3 is 15.0 Å². The molecule has 0 saturated heterocycles. The van der Waals surface area contributed by atoms with E-state index in [9.17, 15) is 4.39 Å². The molecule has 0 bridgehead atoms. The van der Waals surface area contributed by atoms with Crippen LogP contribution in [0.5, 0.6) is 5.75 Å². The Morgan fingerprint density at radius 1 is 1.15 bits per heavy atom. The summed E-state index contributed by atoms with van der Waals surface area (Å²) < 4.78 is 18.3. The van der Waals surface area contributed by atoms with Crippen molar-refractivity contribution in [1.82, 2.24) is 4.98 Å². The monoisotopic (exact) mass is 270 g/mol. The van der Waals surface area contributed by atoms with Gasteiger partial charge in [-0.1, -0.05) is 12.1 Å². The highest BCUT2D eigenvalue weighted by Crippen LogP contribution is 2.25. The molecule has 0 amide bonds. The predicted molar refractivity (Wildman–Crippen MR) is 78.6 cm³/mol. The van der Waals surface area contributed by atoms with Crippen molar-refractivity contribution in [2.24, 2.45) is 0 Å². The molecule has 0 radical (unpaired) electrons. The van der Waals surface area contributed by atoms with Gasteiger partial charge in [0.15, 0.2) is 0 Å². The van der Waals surface area contributed by atoms with E-state index >= 15 is 0 Å². The summed E-state index contributed by atoms with van der Waals surface area (Å²) in [5, 5.41) is 4.45. The lowest BCUT2D eigenvalue weighted by atomic mass is 10.1. The van der Waals surface area contributed by atoms with Gasteiger partial charge in [-0.25, -0.2) is 4.39 Å². The number of aromatic nitrogens is 1. The van der Waals surface area contributed by atoms with Gasteiger partial charge in [0.2, 0.25) is 0 Å². The maximum atomic E-state index is 13.1. The molecular weight excluding hydrogens is 255 g/mol. The Morgan fingerprint density at radius 3 is 2.90 bits per heavy atom. The normalized spacial score (nSPS) is 10.7. The molecule has 0 aliphatic heterocycles. The molecule has 1 heterocycles. The van der Waals surface area contributed by atoms with Gasteiger partial charge in [-0.15, -0.1) is 0 Å². The maximum absolute atomic E-state index is 13.1. The summed E-state index contributed by atoms with van der Waals surface area (Å²) in [4.78, 5) is 3.19. The molecule has 0 aliphatic rings. The van der Waals surface area contributed by atoms with Gasteiger partial charge in [0, 0.05) is 24.3 Å². The van der Waals surface area contributed by atoms with E-state index in [0.29, 0.717) is 12.3 Å². The van der Waals surface area contributed by atoms with Gasteiger partial charge in [-0.3, -0.25) is 0 Å². The van der Waals surface area contributed by atoms with Crippen LogP contribution in [0.2, 0.25) is 0 Å². The number of nitrogens with one attached hydrogen (secondary N) is 2. The summed E-state index contributed by atoms with van der Waals surface area (Å²) in [6, 6.07) is 12.7. The summed E-state index contributed by atoms with van der Waals surface area (Å²) in [7, 11) is 1.53. The van der Waals surface area contributed by atoms with Gasteiger partial charge in [-0.2, -0.15) is 0 Å². The third-order valence-electron chi connectivity index (χ3n) is 3.27. The van der Waals surface area contributed by atoms with Crippen molar-refractivity contribution in [3.8, 4) is 5.75 Å². The fraction of sp³-hybridized carbons (Fsp3) is 0.125. The lowest BCUT2D eigenvalue weighted by Gasteiger charge is -2.11. The van der Waals surface area contributed by atoms with Gasteiger partial charge in [0.25, 0.3) is 0 Å². The van der Waals surface area contributed by atoms with Crippen molar-refractivity contribution in [3.63, 3.8) is 0 Å². The molecule has 4 heteroatoms. The van der Waals surface area contributed by atoms with Crippen molar-refractivity contribution in [2.75, 3.05) is 12.4 Å². The Labute approximate surface area is 116 Å². The van der Waals surface area contributed by atoms with Crippen LogP contribution in [-0.4, -0.2) is 12.1 Å². The fourth-order valence-electron chi connectivity index (χ4n) is 2.21. The first-order chi connectivity index (χ1) is 9.76. The average molecular weight is 270 g/mol. The van der Waals surface area contributed by atoms with Crippen LogP contribution in [0.25, 0.3) is 10.9 Å². The fourth-order valence-corrected chi connectivity index (χ4v) is 2.21. The van der Waals surface area contributed by atoms with Crippen molar-refractivity contribution in [1.29, 1.82) is 0 Å². The summed E-state index contributed by atoms with van der Waals surface area (Å²) in [6.07, 6.45) is 1.92. The van der Waals surface area contributed by atoms with Crippen LogP contribution in [0.3, 0.4) is 0 Å². The second-order valence-electron chi connectivity index (χ2n) is 4.60. The largest absolute Gasteiger partial charge is 0.494 e. The third-order valence-corrected chi connectivity index (χ3v) is 3.27. The zero-order valence-corrected chi connectivity index (χ0v) is 11.1. The number of hydrogen-bond donors (Lipinski definition) is 2. The quantitative estimate of drug-likeness (QED) is 0.753. The summed E-state index contributed by atoms with van der Waals surface area (Å²) in [5.74, 6) is 0.200. The van der Waals surface area contributed by atoms with E-state index < -0.39 is 0 Å². The summed E-state index contributed by atoms with van der Waals surface area (Å²) >= 11 is 0. The second kappa shape index (κ2) is 5.25. The highest BCUT2D eigenvalue weighted by molar-refractivity contribution is 5.79. The number of ether oxygens (including phenoxy) is 1. The molecule has 2 aromatic carbocycles. The minimum absolute atomic E-state index is 0.305. The molecule has 1 aromatic heterocycles. The highest BCUT2D eigenvalue weighted by atomic mass is 19.1. The topological polar surface area (TPSA) is 37.0 Å². The van der Waals surface area contributed by atoms with Crippen molar-refractivity contribution >= 4 is 16.6 Å². The van der Waals surface area contributed by atoms with Crippen LogP contribution >= 0.6 is 0 Å². The van der Waals surface area contributed by atoms with Crippen LogP contribution in [-0.2, 0) is 6.54 Å². The van der Waals surface area contributed by atoms with E-state index in [2.05, 4.69) is 28.5 Å². The first kappa shape index (κ1) is 12.5. The lowest BCUT2D eigenvalue weighted by Crippen LogP contribution is -2.01. The van der Waals surface area contributed by atoms with E-state index in [1.54, 1.807) is 6.07 Å². The van der Waals surface area contributed by atoms with Crippen molar-refractivity contribution in [2.45, 2.75) is 6.54 Å². The van der Waals surface area contributed by atoms with E-state index in [4.69, 9.17) is 4.74 Å². The van der Waals surface area contributed by atoms with Crippen LogP contribution in [0.4, 0.5) is 10.1 Å². The molecule has 3 nitrogen and oxygen atoms in total. The van der Waals surface area contributed by atoms with Crippen LogP contribution in [0.15, 0.2) is 48.7 Å². The highest BCUT2D eigenvalue weighted by Gasteiger charge is 2.04. The number of aromatic amines is 1. The third kappa shape index (κ3) is 2.45. The Bertz CT molecular complexity index is 736. The smallest absolute Gasteiger partial charge is 0.144 e. The molecule has 3 aromatic rings. The molecule has 0 atom stereocenters. The standard InChI is InChI=1S/C16H15FN2O/c1-20-16-9-13(17)4-5-14(16)19-10-11-2-3-12-6-7-18-15(12)8-11/h2-9,18-19H,10H2,1H3. The Hall–Kier alpha value is -2.49. The molecular formula is C16H15FN2O. The zero-order chi connectivity index (χ0) is 13.9. The van der Waals surface area contributed by atoms with Crippen molar-refractivity contribution in [3.05, 3.63) is 60.0 Å². The van der Waals surface area contributed by atoms with E-state index in [0.717, 1.165) is 16.8 Å². The lowest BCUT2D eigenvalue weighted by molar-refractivity contribution is 0.413. The Morgan fingerprint density at radius 2 is 2.05 bits per heavy atom. The van der Waals surface area contributed by atoms with Crippen LogP contribution in [0, 0.1) is 5.82 Å². The summed E-state index contributed by atoms with van der Waals surface area (Å²) in [5.41, 5.74) is 3.03. The number of hydrogen-bond acceptors (Lipinski definition) is 2. The molecule has 0 saturated carbocycles. The minimum atomic E-state index is -0.305. The molecule has 0 fully saturated rings. The predicted octanol–water partition coefficient (Wildman–Crippen LogP) is 3.93. The van der Waals surface area contributed by atoms with E-state index in [-0.39, 0.29) is 5.82 Å². The van der Waals surface area contributed by atoms with Crippen LogP contribution in [0.1, 0.15) is 5.56 Å². The van der Waals surface area contributed by atoms with Crippen LogP contribution < -0.4 is 10.1 Å². The second-order valence-corrected chi connectivity index (χ2v) is 4.60. The molecule has 0 aliphatic carbocycles. The minimum Gasteiger partial charge on any atom is -0.494 e. The summed E-state index contributed by atoms with van der Waals surface area (Å²) in [6.45, 7) is 0.650. The molecule has 3 rings (SSSR count). The number of benzene rings is 2. The number of halogens is 1. The van der Waals surface area contributed by atoms with Gasteiger partial charge in [0.05, 0.1) is 12.8 Å². The first-order valence-corrected chi connectivity index (χ1v) is 6.40. The number of H-pyrrole nitrogens is 1. The number of anilines is 1. The molecule has 2 N–H and O–H groups in total.